The van der Waals surface area contributed by atoms with E-state index in [4.69, 9.17) is 10.1 Å². The summed E-state index contributed by atoms with van der Waals surface area (Å²) < 4.78 is 19.0. The molecule has 0 aliphatic carbocycles. The first-order chi connectivity index (χ1) is 7.13. The number of ether oxygens (including phenoxy) is 1. The molecule has 0 aliphatic heterocycles. The zero-order chi connectivity index (χ0) is 11.3. The lowest BCUT2D eigenvalue weighted by molar-refractivity contribution is 0.314. The first-order valence-corrected chi connectivity index (χ1v) is 5.57. The van der Waals surface area contributed by atoms with Crippen molar-refractivity contribution in [3.63, 3.8) is 0 Å². The summed E-state index contributed by atoms with van der Waals surface area (Å²) in [5, 5.41) is 7.40. The first kappa shape index (κ1) is 12.2. The van der Waals surface area contributed by atoms with Crippen molar-refractivity contribution in [3.8, 4) is 0 Å². The first-order valence-electron chi connectivity index (χ1n) is 4.77. The van der Waals surface area contributed by atoms with Gasteiger partial charge in [-0.3, -0.25) is 5.41 Å². The van der Waals surface area contributed by atoms with Crippen LogP contribution in [0.4, 0.5) is 4.39 Å². The smallest absolute Gasteiger partial charge is 0.180 e. The molecule has 0 aliphatic rings. The van der Waals surface area contributed by atoms with Gasteiger partial charge in [0.15, 0.2) is 5.90 Å². The molecule has 0 bridgehead atoms. The molecule has 15 heavy (non-hydrogen) atoms. The van der Waals surface area contributed by atoms with E-state index in [-0.39, 0.29) is 11.7 Å². The molecule has 0 radical (unpaired) electrons. The second-order valence-corrected chi connectivity index (χ2v) is 4.01. The quantitative estimate of drug-likeness (QED) is 0.661. The Hall–Kier alpha value is -0.900. The van der Waals surface area contributed by atoms with Crippen LogP contribution >= 0.6 is 15.9 Å². The zero-order valence-corrected chi connectivity index (χ0v) is 10.1. The monoisotopic (exact) mass is 273 g/mol. The van der Waals surface area contributed by atoms with Crippen molar-refractivity contribution in [3.05, 3.63) is 34.1 Å². The van der Waals surface area contributed by atoms with Crippen LogP contribution in [0.15, 0.2) is 22.7 Å². The molecule has 82 valence electrons. The summed E-state index contributed by atoms with van der Waals surface area (Å²) in [6.07, 6.45) is 0.935. The predicted octanol–water partition coefficient (Wildman–Crippen LogP) is 3.53. The van der Waals surface area contributed by atoms with E-state index >= 15 is 0 Å². The van der Waals surface area contributed by atoms with Gasteiger partial charge in [-0.15, -0.1) is 0 Å². The average Bonchev–Trinajstić information content (AvgIpc) is 2.17. The summed E-state index contributed by atoms with van der Waals surface area (Å²) in [6.45, 7) is 2.32. The van der Waals surface area contributed by atoms with Crippen molar-refractivity contribution in [2.75, 3.05) is 6.61 Å². The Kier molecular flexibility index (Phi) is 4.75. The Labute approximate surface area is 97.1 Å². The highest BCUT2D eigenvalue weighted by Crippen LogP contribution is 2.16. The molecule has 0 atom stereocenters. The van der Waals surface area contributed by atoms with Gasteiger partial charge in [0.05, 0.1) is 6.61 Å². The van der Waals surface area contributed by atoms with E-state index in [0.29, 0.717) is 25.0 Å². The molecule has 2 nitrogen and oxygen atoms in total. The third-order valence-electron chi connectivity index (χ3n) is 1.96. The highest BCUT2D eigenvalue weighted by molar-refractivity contribution is 9.10. The van der Waals surface area contributed by atoms with Crippen LogP contribution in [0.25, 0.3) is 0 Å². The van der Waals surface area contributed by atoms with Gasteiger partial charge in [0.25, 0.3) is 0 Å². The maximum absolute atomic E-state index is 13.3. The van der Waals surface area contributed by atoms with Gasteiger partial charge in [-0.1, -0.05) is 22.0 Å². The number of hydrogen-bond acceptors (Lipinski definition) is 2. The van der Waals surface area contributed by atoms with Crippen molar-refractivity contribution in [2.24, 2.45) is 0 Å². The van der Waals surface area contributed by atoms with E-state index in [1.165, 1.54) is 6.07 Å². The van der Waals surface area contributed by atoms with Crippen molar-refractivity contribution >= 4 is 21.8 Å². The molecular formula is C11H13BrFNO. The molecule has 1 aromatic carbocycles. The topological polar surface area (TPSA) is 33.1 Å². The lowest BCUT2D eigenvalue weighted by Gasteiger charge is -2.05. The Morgan fingerprint density at radius 1 is 1.53 bits per heavy atom. The van der Waals surface area contributed by atoms with E-state index in [2.05, 4.69) is 15.9 Å². The molecule has 1 N–H and O–H groups in total. The number of nitrogens with one attached hydrogen (secondary N) is 1. The summed E-state index contributed by atoms with van der Waals surface area (Å²) in [7, 11) is 0. The molecule has 0 unspecified atom stereocenters. The van der Waals surface area contributed by atoms with Crippen LogP contribution in [0.3, 0.4) is 0 Å². The lowest BCUT2D eigenvalue weighted by Crippen LogP contribution is -2.05. The molecule has 0 fully saturated rings. The van der Waals surface area contributed by atoms with Crippen LogP contribution in [-0.4, -0.2) is 12.5 Å². The summed E-state index contributed by atoms with van der Waals surface area (Å²) in [5.74, 6) is -0.0338. The van der Waals surface area contributed by atoms with E-state index < -0.39 is 0 Å². The summed E-state index contributed by atoms with van der Waals surface area (Å²) >= 11 is 3.19. The maximum atomic E-state index is 13.3. The zero-order valence-electron chi connectivity index (χ0n) is 8.52. The van der Waals surface area contributed by atoms with Gasteiger partial charge in [-0.2, -0.15) is 0 Å². The van der Waals surface area contributed by atoms with Gasteiger partial charge in [-0.25, -0.2) is 4.39 Å². The summed E-state index contributed by atoms with van der Waals surface area (Å²) in [5.41, 5.74) is 0.614. The van der Waals surface area contributed by atoms with Gasteiger partial charge >= 0.3 is 0 Å². The second kappa shape index (κ2) is 5.85. The standard InChI is InChI=1S/C11H13BrFNO/c1-2-15-11(14)6-4-8-3-5-9(12)7-10(8)13/h3,5,7,14H,2,4,6H2,1H3. The minimum atomic E-state index is -0.242. The van der Waals surface area contributed by atoms with Gasteiger partial charge in [0.2, 0.25) is 0 Å². The van der Waals surface area contributed by atoms with Crippen molar-refractivity contribution < 1.29 is 9.13 Å². The van der Waals surface area contributed by atoms with Gasteiger partial charge < -0.3 is 4.74 Å². The summed E-state index contributed by atoms with van der Waals surface area (Å²) in [4.78, 5) is 0. The third-order valence-corrected chi connectivity index (χ3v) is 2.45. The fraction of sp³-hybridized carbons (Fsp3) is 0.364. The van der Waals surface area contributed by atoms with Crippen LogP contribution in [0.1, 0.15) is 18.9 Å². The number of aryl methyl sites for hydroxylation is 1. The maximum Gasteiger partial charge on any atom is 0.180 e. The van der Waals surface area contributed by atoms with E-state index in [1.54, 1.807) is 12.1 Å². The van der Waals surface area contributed by atoms with E-state index in [9.17, 15) is 4.39 Å². The molecule has 0 saturated heterocycles. The van der Waals surface area contributed by atoms with Crippen LogP contribution in [0.5, 0.6) is 0 Å². The highest BCUT2D eigenvalue weighted by Gasteiger charge is 2.04. The number of benzene rings is 1. The second-order valence-electron chi connectivity index (χ2n) is 3.09. The van der Waals surface area contributed by atoms with Crippen molar-refractivity contribution in [2.45, 2.75) is 19.8 Å². The van der Waals surface area contributed by atoms with Gasteiger partial charge in [0, 0.05) is 10.9 Å². The van der Waals surface area contributed by atoms with E-state index in [0.717, 1.165) is 4.47 Å². The fourth-order valence-electron chi connectivity index (χ4n) is 1.22. The van der Waals surface area contributed by atoms with Gasteiger partial charge in [0.1, 0.15) is 5.82 Å². The highest BCUT2D eigenvalue weighted by atomic mass is 79.9. The van der Waals surface area contributed by atoms with Gasteiger partial charge in [-0.05, 0) is 31.0 Å². The minimum Gasteiger partial charge on any atom is -0.481 e. The molecule has 0 spiro atoms. The largest absolute Gasteiger partial charge is 0.481 e. The SMILES string of the molecule is CCOC(=N)CCc1ccc(Br)cc1F. The van der Waals surface area contributed by atoms with Crippen LogP contribution < -0.4 is 0 Å². The molecule has 0 aromatic heterocycles. The Bertz CT molecular complexity index is 354. The number of hydrogen-bond donors (Lipinski definition) is 1. The molecule has 0 heterocycles. The normalized spacial score (nSPS) is 10.1. The van der Waals surface area contributed by atoms with Crippen molar-refractivity contribution in [1.82, 2.24) is 0 Å². The molecular weight excluding hydrogens is 261 g/mol. The van der Waals surface area contributed by atoms with Crippen molar-refractivity contribution in [1.29, 1.82) is 5.41 Å². The van der Waals surface area contributed by atoms with Crippen LogP contribution in [0, 0.1) is 11.2 Å². The third kappa shape index (κ3) is 4.00. The molecule has 1 aromatic rings. The number of rotatable bonds is 4. The van der Waals surface area contributed by atoms with Crippen LogP contribution in [-0.2, 0) is 11.2 Å². The van der Waals surface area contributed by atoms with Crippen LogP contribution in [0.2, 0.25) is 0 Å². The Morgan fingerprint density at radius 2 is 2.27 bits per heavy atom. The molecule has 1 rings (SSSR count). The average molecular weight is 274 g/mol. The fourth-order valence-corrected chi connectivity index (χ4v) is 1.55. The summed E-state index contributed by atoms with van der Waals surface area (Å²) in [6, 6.07) is 4.95. The Balaban J connectivity index is 2.54. The number of halogens is 2. The molecule has 0 saturated carbocycles. The lowest BCUT2D eigenvalue weighted by atomic mass is 10.1. The minimum absolute atomic E-state index is 0.208. The predicted molar refractivity (Wildman–Crippen MR) is 61.8 cm³/mol. The molecule has 4 heteroatoms. The molecule has 0 amide bonds. The van der Waals surface area contributed by atoms with E-state index in [1.807, 2.05) is 6.92 Å². The Morgan fingerprint density at radius 3 is 2.87 bits per heavy atom.